The summed E-state index contributed by atoms with van der Waals surface area (Å²) in [5, 5.41) is 12.1. The van der Waals surface area contributed by atoms with Gasteiger partial charge < -0.3 is 0 Å². The molecular weight excluding hydrogens is 248 g/mol. The molecule has 0 aromatic carbocycles. The predicted octanol–water partition coefficient (Wildman–Crippen LogP) is 2.45. The van der Waals surface area contributed by atoms with Crippen LogP contribution >= 0.6 is 11.3 Å². The summed E-state index contributed by atoms with van der Waals surface area (Å²) in [6.45, 7) is 4.01. The lowest BCUT2D eigenvalue weighted by Gasteiger charge is -2.00. The number of hydrogen-bond donors (Lipinski definition) is 1. The molecule has 1 N–H and O–H groups in total. The van der Waals surface area contributed by atoms with Crippen molar-refractivity contribution < 1.29 is 4.79 Å². The van der Waals surface area contributed by atoms with E-state index in [-0.39, 0.29) is 5.91 Å². The van der Waals surface area contributed by atoms with Crippen molar-refractivity contribution in [2.75, 3.05) is 5.32 Å². The number of aryl methyl sites for hydroxylation is 2. The summed E-state index contributed by atoms with van der Waals surface area (Å²) >= 11 is 1.40. The molecule has 0 atom stereocenters. The average molecular weight is 262 g/mol. The Bertz CT molecular complexity index is 535. The summed E-state index contributed by atoms with van der Waals surface area (Å²) in [5.74, 6) is -0.255. The first-order valence-electron chi connectivity index (χ1n) is 5.75. The number of hydrogen-bond acceptors (Lipinski definition) is 5. The summed E-state index contributed by atoms with van der Waals surface area (Å²) in [6, 6.07) is 3.54. The summed E-state index contributed by atoms with van der Waals surface area (Å²) in [6.07, 6.45) is 3.57. The molecule has 2 aromatic heterocycles. The monoisotopic (exact) mass is 262 g/mol. The van der Waals surface area contributed by atoms with E-state index in [4.69, 9.17) is 0 Å². The molecule has 0 fully saturated rings. The molecule has 0 aliphatic rings. The first kappa shape index (κ1) is 12.6. The largest absolute Gasteiger partial charge is 0.295 e. The number of amides is 1. The van der Waals surface area contributed by atoms with Gasteiger partial charge in [0.15, 0.2) is 0 Å². The zero-order chi connectivity index (χ0) is 13.0. The minimum Gasteiger partial charge on any atom is -0.295 e. The van der Waals surface area contributed by atoms with Crippen molar-refractivity contribution in [2.45, 2.75) is 26.7 Å². The minimum absolute atomic E-state index is 0.255. The lowest BCUT2D eigenvalue weighted by molar-refractivity contribution is 0.102. The van der Waals surface area contributed by atoms with Crippen LogP contribution in [-0.4, -0.2) is 21.1 Å². The van der Waals surface area contributed by atoms with E-state index in [0.717, 1.165) is 23.4 Å². The zero-order valence-electron chi connectivity index (χ0n) is 10.3. The van der Waals surface area contributed by atoms with Crippen LogP contribution in [0, 0.1) is 6.92 Å². The molecule has 2 rings (SSSR count). The Morgan fingerprint density at radius 1 is 1.39 bits per heavy atom. The molecule has 5 nitrogen and oxygen atoms in total. The molecule has 18 heavy (non-hydrogen) atoms. The van der Waals surface area contributed by atoms with Crippen LogP contribution in [0.25, 0.3) is 0 Å². The first-order chi connectivity index (χ1) is 8.69. The summed E-state index contributed by atoms with van der Waals surface area (Å²) in [7, 11) is 0. The maximum atomic E-state index is 11.9. The molecule has 0 radical (unpaired) electrons. The van der Waals surface area contributed by atoms with E-state index < -0.39 is 0 Å². The van der Waals surface area contributed by atoms with Crippen molar-refractivity contribution >= 4 is 22.4 Å². The van der Waals surface area contributed by atoms with Gasteiger partial charge in [-0.15, -0.1) is 10.2 Å². The number of carbonyl (C=O) groups is 1. The summed E-state index contributed by atoms with van der Waals surface area (Å²) in [5.41, 5.74) is 1.40. The van der Waals surface area contributed by atoms with Crippen LogP contribution < -0.4 is 5.32 Å². The second-order valence-electron chi connectivity index (χ2n) is 3.93. The van der Waals surface area contributed by atoms with Crippen LogP contribution in [0.3, 0.4) is 0 Å². The van der Waals surface area contributed by atoms with Gasteiger partial charge in [-0.3, -0.25) is 15.1 Å². The topological polar surface area (TPSA) is 67.8 Å². The Kier molecular flexibility index (Phi) is 3.99. The summed E-state index contributed by atoms with van der Waals surface area (Å²) in [4.78, 5) is 15.9. The second-order valence-corrected chi connectivity index (χ2v) is 4.99. The Morgan fingerprint density at radius 2 is 2.22 bits per heavy atom. The molecule has 6 heteroatoms. The second kappa shape index (κ2) is 5.68. The number of aromatic nitrogens is 3. The van der Waals surface area contributed by atoms with E-state index in [9.17, 15) is 4.79 Å². The van der Waals surface area contributed by atoms with Crippen molar-refractivity contribution in [3.05, 3.63) is 34.6 Å². The zero-order valence-corrected chi connectivity index (χ0v) is 11.1. The number of rotatable bonds is 4. The third-order valence-electron chi connectivity index (χ3n) is 2.30. The predicted molar refractivity (Wildman–Crippen MR) is 70.8 cm³/mol. The third-order valence-corrected chi connectivity index (χ3v) is 3.19. The molecule has 0 aliphatic heterocycles. The van der Waals surface area contributed by atoms with Crippen LogP contribution in [0.4, 0.5) is 5.13 Å². The van der Waals surface area contributed by atoms with Gasteiger partial charge in [-0.2, -0.15) is 0 Å². The van der Waals surface area contributed by atoms with E-state index in [1.165, 1.54) is 11.3 Å². The highest BCUT2D eigenvalue weighted by molar-refractivity contribution is 7.15. The van der Waals surface area contributed by atoms with Gasteiger partial charge in [0.2, 0.25) is 5.13 Å². The van der Waals surface area contributed by atoms with Crippen LogP contribution in [0.15, 0.2) is 18.3 Å². The molecular formula is C12H14N4OS. The molecule has 0 aliphatic carbocycles. The van der Waals surface area contributed by atoms with Crippen molar-refractivity contribution in [1.29, 1.82) is 0 Å². The molecule has 2 heterocycles. The Hall–Kier alpha value is -1.82. The highest BCUT2D eigenvalue weighted by Crippen LogP contribution is 2.17. The Morgan fingerprint density at radius 3 is 2.89 bits per heavy atom. The van der Waals surface area contributed by atoms with Crippen LogP contribution in [0.2, 0.25) is 0 Å². The van der Waals surface area contributed by atoms with Gasteiger partial charge in [0.25, 0.3) is 5.91 Å². The van der Waals surface area contributed by atoms with E-state index >= 15 is 0 Å². The van der Waals surface area contributed by atoms with Gasteiger partial charge in [0.1, 0.15) is 10.7 Å². The van der Waals surface area contributed by atoms with E-state index in [0.29, 0.717) is 10.8 Å². The fraction of sp³-hybridized carbons (Fsp3) is 0.333. The fourth-order valence-electron chi connectivity index (χ4n) is 1.38. The van der Waals surface area contributed by atoms with E-state index in [1.807, 2.05) is 13.0 Å². The molecule has 2 aromatic rings. The van der Waals surface area contributed by atoms with E-state index in [1.54, 1.807) is 12.3 Å². The van der Waals surface area contributed by atoms with Gasteiger partial charge in [-0.25, -0.2) is 0 Å². The van der Waals surface area contributed by atoms with Crippen LogP contribution in [-0.2, 0) is 6.42 Å². The van der Waals surface area contributed by atoms with Crippen LogP contribution in [0.5, 0.6) is 0 Å². The van der Waals surface area contributed by atoms with Gasteiger partial charge in [-0.1, -0.05) is 24.3 Å². The lowest BCUT2D eigenvalue weighted by Crippen LogP contribution is -2.13. The van der Waals surface area contributed by atoms with Crippen LogP contribution in [0.1, 0.15) is 34.4 Å². The maximum Gasteiger partial charge on any atom is 0.276 e. The van der Waals surface area contributed by atoms with Crippen molar-refractivity contribution in [1.82, 2.24) is 15.2 Å². The molecule has 0 unspecified atom stereocenters. The number of anilines is 1. The fourth-order valence-corrected chi connectivity index (χ4v) is 2.22. The lowest BCUT2D eigenvalue weighted by atomic mass is 10.3. The Balaban J connectivity index is 2.04. The highest BCUT2D eigenvalue weighted by atomic mass is 32.1. The van der Waals surface area contributed by atoms with Crippen molar-refractivity contribution in [3.63, 3.8) is 0 Å². The van der Waals surface area contributed by atoms with Gasteiger partial charge in [0.05, 0.1) is 0 Å². The Labute approximate surface area is 109 Å². The standard InChI is InChI=1S/C12H14N4OS/c1-3-4-10-15-16-12(18-10)14-11(17)9-6-5-8(2)7-13-9/h5-7H,3-4H2,1-2H3,(H,14,16,17). The number of nitrogens with one attached hydrogen (secondary N) is 1. The smallest absolute Gasteiger partial charge is 0.276 e. The molecule has 94 valence electrons. The van der Waals surface area contributed by atoms with Gasteiger partial charge in [-0.05, 0) is 25.0 Å². The summed E-state index contributed by atoms with van der Waals surface area (Å²) < 4.78 is 0. The maximum absolute atomic E-state index is 11.9. The normalized spacial score (nSPS) is 10.3. The van der Waals surface area contributed by atoms with Gasteiger partial charge in [0, 0.05) is 12.6 Å². The number of pyridine rings is 1. The average Bonchev–Trinajstić information content (AvgIpc) is 2.78. The number of carbonyl (C=O) groups excluding carboxylic acids is 1. The molecule has 1 amide bonds. The molecule has 0 saturated carbocycles. The van der Waals surface area contributed by atoms with Gasteiger partial charge >= 0.3 is 0 Å². The molecule has 0 saturated heterocycles. The SMILES string of the molecule is CCCc1nnc(NC(=O)c2ccc(C)cn2)s1. The number of nitrogens with zero attached hydrogens (tertiary/aromatic N) is 3. The highest BCUT2D eigenvalue weighted by Gasteiger charge is 2.10. The van der Waals surface area contributed by atoms with Crippen molar-refractivity contribution in [3.8, 4) is 0 Å². The first-order valence-corrected chi connectivity index (χ1v) is 6.57. The van der Waals surface area contributed by atoms with E-state index in [2.05, 4.69) is 27.4 Å². The molecule has 0 bridgehead atoms. The minimum atomic E-state index is -0.255. The van der Waals surface area contributed by atoms with Crippen molar-refractivity contribution in [2.24, 2.45) is 0 Å². The quantitative estimate of drug-likeness (QED) is 0.919. The molecule has 0 spiro atoms. The third kappa shape index (κ3) is 3.10.